The molecule has 0 atom stereocenters. The molecule has 3 N–H and O–H groups in total. The Balaban J connectivity index is 2.28. The molecule has 1 heterocycles. The molecule has 1 amide bonds. The molecule has 0 saturated carbocycles. The first kappa shape index (κ1) is 11.1. The average Bonchev–Trinajstić information content (AvgIpc) is 2.38. The molecule has 5 heteroatoms. The third kappa shape index (κ3) is 2.57. The van der Waals surface area contributed by atoms with E-state index >= 15 is 0 Å². The van der Waals surface area contributed by atoms with Crippen LogP contribution in [0.2, 0.25) is 0 Å². The summed E-state index contributed by atoms with van der Waals surface area (Å²) in [7, 11) is 0. The molecule has 0 aliphatic rings. The highest BCUT2D eigenvalue weighted by Gasteiger charge is 2.05. The van der Waals surface area contributed by atoms with Crippen LogP contribution in [0.15, 0.2) is 36.5 Å². The van der Waals surface area contributed by atoms with Gasteiger partial charge in [0, 0.05) is 23.9 Å². The highest BCUT2D eigenvalue weighted by molar-refractivity contribution is 5.57. The lowest BCUT2D eigenvalue weighted by Gasteiger charge is -2.05. The fourth-order valence-electron chi connectivity index (χ4n) is 1.43. The number of benzene rings is 1. The van der Waals surface area contributed by atoms with Crippen LogP contribution < -0.4 is 11.1 Å². The Kier molecular flexibility index (Phi) is 3.30. The Morgan fingerprint density at radius 2 is 2.06 bits per heavy atom. The number of nitrogens with one attached hydrogen (secondary N) is 1. The molecule has 0 unspecified atom stereocenters. The zero-order chi connectivity index (χ0) is 12.1. The molecule has 0 bridgehead atoms. The van der Waals surface area contributed by atoms with Gasteiger partial charge in [-0.3, -0.25) is 4.79 Å². The van der Waals surface area contributed by atoms with Gasteiger partial charge in [-0.1, -0.05) is 30.3 Å². The Bertz CT molecular complexity index is 513. The molecule has 0 spiro atoms. The maximum Gasteiger partial charge on any atom is 0.207 e. The Labute approximate surface area is 98.7 Å². The molecular weight excluding hydrogens is 216 g/mol. The molecule has 5 nitrogen and oxygen atoms in total. The highest BCUT2D eigenvalue weighted by Crippen LogP contribution is 2.16. The van der Waals surface area contributed by atoms with E-state index in [2.05, 4.69) is 15.3 Å². The van der Waals surface area contributed by atoms with E-state index in [0.29, 0.717) is 30.2 Å². The summed E-state index contributed by atoms with van der Waals surface area (Å²) in [6.45, 7) is 0.338. The zero-order valence-electron chi connectivity index (χ0n) is 9.13. The van der Waals surface area contributed by atoms with Gasteiger partial charge >= 0.3 is 0 Å². The van der Waals surface area contributed by atoms with Gasteiger partial charge < -0.3 is 11.1 Å². The molecule has 17 heavy (non-hydrogen) atoms. The lowest BCUT2D eigenvalue weighted by atomic mass is 10.2. The fourth-order valence-corrected chi connectivity index (χ4v) is 1.43. The van der Waals surface area contributed by atoms with Gasteiger partial charge in [-0.25, -0.2) is 9.97 Å². The molecule has 2 aromatic rings. The van der Waals surface area contributed by atoms with Crippen molar-refractivity contribution in [2.24, 2.45) is 0 Å². The molecule has 2 rings (SSSR count). The predicted molar refractivity (Wildman–Crippen MR) is 64.8 cm³/mol. The fraction of sp³-hybridized carbons (Fsp3) is 0.0833. The number of nitrogens with zero attached hydrogens (tertiary/aromatic N) is 2. The number of nitrogens with two attached hydrogens (primary N) is 1. The maximum atomic E-state index is 10.2. The Morgan fingerprint density at radius 1 is 1.29 bits per heavy atom. The minimum absolute atomic E-state index is 0.338. The van der Waals surface area contributed by atoms with Gasteiger partial charge in [0.2, 0.25) is 6.41 Å². The van der Waals surface area contributed by atoms with Crippen molar-refractivity contribution in [1.82, 2.24) is 15.3 Å². The molecular formula is C12H12N4O. The van der Waals surface area contributed by atoms with E-state index in [-0.39, 0.29) is 0 Å². The van der Waals surface area contributed by atoms with Crippen molar-refractivity contribution in [3.05, 3.63) is 42.1 Å². The summed E-state index contributed by atoms with van der Waals surface area (Å²) in [6.07, 6.45) is 2.24. The zero-order valence-corrected chi connectivity index (χ0v) is 9.13. The SMILES string of the molecule is Nc1nc(-c2ccccc2)ncc1CNC=O. The number of aromatic nitrogens is 2. The maximum absolute atomic E-state index is 10.2. The summed E-state index contributed by atoms with van der Waals surface area (Å²) >= 11 is 0. The van der Waals surface area contributed by atoms with Gasteiger partial charge in [0.05, 0.1) is 0 Å². The van der Waals surface area contributed by atoms with Crippen molar-refractivity contribution >= 4 is 12.2 Å². The van der Waals surface area contributed by atoms with E-state index in [1.807, 2.05) is 30.3 Å². The average molecular weight is 228 g/mol. The van der Waals surface area contributed by atoms with Crippen LogP contribution in [-0.2, 0) is 11.3 Å². The number of carbonyl (C=O) groups is 1. The van der Waals surface area contributed by atoms with Crippen molar-refractivity contribution in [3.63, 3.8) is 0 Å². The second-order valence-corrected chi connectivity index (χ2v) is 3.47. The molecule has 0 aliphatic carbocycles. The quantitative estimate of drug-likeness (QED) is 0.764. The lowest BCUT2D eigenvalue weighted by molar-refractivity contribution is -0.109. The van der Waals surface area contributed by atoms with Gasteiger partial charge in [-0.05, 0) is 0 Å². The van der Waals surface area contributed by atoms with Crippen molar-refractivity contribution in [1.29, 1.82) is 0 Å². The standard InChI is InChI=1S/C12H12N4O/c13-11-10(6-14-8-17)7-15-12(16-11)9-4-2-1-3-5-9/h1-5,7-8H,6H2,(H,14,17)(H2,13,15,16). The summed E-state index contributed by atoms with van der Waals surface area (Å²) in [5.41, 5.74) is 7.41. The van der Waals surface area contributed by atoms with E-state index < -0.39 is 0 Å². The van der Waals surface area contributed by atoms with Crippen molar-refractivity contribution in [3.8, 4) is 11.4 Å². The van der Waals surface area contributed by atoms with Crippen LogP contribution in [0.4, 0.5) is 5.82 Å². The summed E-state index contributed by atoms with van der Waals surface area (Å²) in [4.78, 5) is 18.6. The number of amides is 1. The van der Waals surface area contributed by atoms with Gasteiger partial charge in [0.25, 0.3) is 0 Å². The predicted octanol–water partition coefficient (Wildman–Crippen LogP) is 0.972. The molecule has 1 aromatic heterocycles. The van der Waals surface area contributed by atoms with E-state index in [1.54, 1.807) is 6.20 Å². The van der Waals surface area contributed by atoms with Crippen LogP contribution in [0, 0.1) is 0 Å². The largest absolute Gasteiger partial charge is 0.383 e. The molecule has 86 valence electrons. The number of carbonyl (C=O) groups excluding carboxylic acids is 1. The smallest absolute Gasteiger partial charge is 0.207 e. The van der Waals surface area contributed by atoms with Gasteiger partial charge in [0.1, 0.15) is 5.82 Å². The first-order valence-corrected chi connectivity index (χ1v) is 5.15. The molecule has 0 fully saturated rings. The third-order valence-corrected chi connectivity index (χ3v) is 2.31. The van der Waals surface area contributed by atoms with Crippen LogP contribution in [0.5, 0.6) is 0 Å². The van der Waals surface area contributed by atoms with Crippen molar-refractivity contribution < 1.29 is 4.79 Å². The normalized spacial score (nSPS) is 9.88. The Morgan fingerprint density at radius 3 is 2.71 bits per heavy atom. The number of hydrogen-bond donors (Lipinski definition) is 2. The van der Waals surface area contributed by atoms with Gasteiger partial charge in [-0.2, -0.15) is 0 Å². The van der Waals surface area contributed by atoms with Crippen molar-refractivity contribution in [2.45, 2.75) is 6.54 Å². The van der Waals surface area contributed by atoms with E-state index in [9.17, 15) is 4.79 Å². The van der Waals surface area contributed by atoms with E-state index in [4.69, 9.17) is 5.73 Å². The second-order valence-electron chi connectivity index (χ2n) is 3.47. The molecule has 1 aromatic carbocycles. The van der Waals surface area contributed by atoms with Crippen molar-refractivity contribution in [2.75, 3.05) is 5.73 Å². The topological polar surface area (TPSA) is 80.9 Å². The van der Waals surface area contributed by atoms with E-state index in [0.717, 1.165) is 5.56 Å². The van der Waals surface area contributed by atoms with Crippen LogP contribution in [0.25, 0.3) is 11.4 Å². The lowest BCUT2D eigenvalue weighted by Crippen LogP contribution is -2.13. The highest BCUT2D eigenvalue weighted by atomic mass is 16.1. The minimum Gasteiger partial charge on any atom is -0.383 e. The monoisotopic (exact) mass is 228 g/mol. The summed E-state index contributed by atoms with van der Waals surface area (Å²) in [5.74, 6) is 0.964. The number of nitrogen functional groups attached to an aromatic ring is 1. The summed E-state index contributed by atoms with van der Waals surface area (Å²) in [5, 5.41) is 2.52. The second kappa shape index (κ2) is 5.07. The summed E-state index contributed by atoms with van der Waals surface area (Å²) in [6, 6.07) is 9.58. The number of hydrogen-bond acceptors (Lipinski definition) is 4. The number of rotatable bonds is 4. The molecule has 0 saturated heterocycles. The van der Waals surface area contributed by atoms with Crippen LogP contribution in [-0.4, -0.2) is 16.4 Å². The minimum atomic E-state index is 0.338. The van der Waals surface area contributed by atoms with Gasteiger partial charge in [-0.15, -0.1) is 0 Å². The first-order chi connectivity index (χ1) is 8.31. The van der Waals surface area contributed by atoms with Gasteiger partial charge in [0.15, 0.2) is 5.82 Å². The molecule has 0 radical (unpaired) electrons. The summed E-state index contributed by atoms with van der Waals surface area (Å²) < 4.78 is 0. The molecule has 0 aliphatic heterocycles. The Hall–Kier alpha value is -2.43. The third-order valence-electron chi connectivity index (χ3n) is 2.31. The van der Waals surface area contributed by atoms with Crippen LogP contribution >= 0.6 is 0 Å². The van der Waals surface area contributed by atoms with E-state index in [1.165, 1.54) is 0 Å². The van der Waals surface area contributed by atoms with Crippen LogP contribution in [0.3, 0.4) is 0 Å². The van der Waals surface area contributed by atoms with Crippen LogP contribution in [0.1, 0.15) is 5.56 Å². The first-order valence-electron chi connectivity index (χ1n) is 5.15. The number of anilines is 1.